The minimum Gasteiger partial charge on any atom is -0.294 e. The summed E-state index contributed by atoms with van der Waals surface area (Å²) in [6, 6.07) is 6.21. The highest BCUT2D eigenvalue weighted by Crippen LogP contribution is 2.29. The van der Waals surface area contributed by atoms with Crippen LogP contribution in [0.2, 0.25) is 0 Å². The van der Waals surface area contributed by atoms with Gasteiger partial charge in [-0.25, -0.2) is 0 Å². The highest BCUT2D eigenvalue weighted by atomic mass is 16.1. The first-order valence-corrected chi connectivity index (χ1v) is 8.48. The van der Waals surface area contributed by atoms with Crippen molar-refractivity contribution in [3.8, 4) is 11.1 Å². The number of fused-ring (bicyclic) bond motifs is 1. The molecule has 4 rings (SSSR count). The zero-order valence-electron chi connectivity index (χ0n) is 12.9. The van der Waals surface area contributed by atoms with Gasteiger partial charge in [0.2, 0.25) is 0 Å². The summed E-state index contributed by atoms with van der Waals surface area (Å²) in [4.78, 5) is 11.7. The maximum atomic E-state index is 11.7. The Kier molecular flexibility index (Phi) is 3.57. The smallest absolute Gasteiger partial charge is 0.163 e. The molecular weight excluding hydrogens is 272 g/mol. The highest BCUT2D eigenvalue weighted by Gasteiger charge is 2.20. The van der Waals surface area contributed by atoms with Crippen LogP contribution >= 0.6 is 0 Å². The number of carbonyl (C=O) groups excluding carboxylic acids is 1. The summed E-state index contributed by atoms with van der Waals surface area (Å²) in [5, 5.41) is 4.54. The topological polar surface area (TPSA) is 34.9 Å². The number of Topliss-reactive ketones (excluding diaryl/α,β-unsaturated/α-hetero) is 1. The Morgan fingerprint density at radius 3 is 2.82 bits per heavy atom. The van der Waals surface area contributed by atoms with Crippen LogP contribution in [0, 0.1) is 5.92 Å². The third kappa shape index (κ3) is 2.60. The Morgan fingerprint density at radius 1 is 1.09 bits per heavy atom. The fourth-order valence-electron chi connectivity index (χ4n) is 3.88. The molecule has 1 saturated carbocycles. The number of hydrogen-bond donors (Lipinski definition) is 0. The molecule has 2 aliphatic rings. The standard InChI is InChI=1S/C19H22N2O/c22-19-9-7-16-10-15(6-8-18(16)19)17-11-20-21(13-17)12-14-4-2-1-3-5-14/h6,8,10-11,13-14H,1-5,7,9,12H2. The van der Waals surface area contributed by atoms with E-state index in [0.717, 1.165) is 30.0 Å². The molecule has 2 aliphatic carbocycles. The average Bonchev–Trinajstić information content (AvgIpc) is 3.15. The first-order valence-electron chi connectivity index (χ1n) is 8.48. The lowest BCUT2D eigenvalue weighted by atomic mass is 9.89. The van der Waals surface area contributed by atoms with E-state index in [1.54, 1.807) is 0 Å². The maximum Gasteiger partial charge on any atom is 0.163 e. The first-order chi connectivity index (χ1) is 10.8. The minimum atomic E-state index is 0.287. The summed E-state index contributed by atoms with van der Waals surface area (Å²) in [6.07, 6.45) is 12.5. The molecule has 114 valence electrons. The molecule has 0 radical (unpaired) electrons. The molecule has 2 aromatic rings. The normalized spacial score (nSPS) is 18.6. The van der Waals surface area contributed by atoms with E-state index in [9.17, 15) is 4.79 Å². The number of aryl methyl sites for hydroxylation is 1. The van der Waals surface area contributed by atoms with Crippen molar-refractivity contribution < 1.29 is 4.79 Å². The molecule has 22 heavy (non-hydrogen) atoms. The maximum absolute atomic E-state index is 11.7. The van der Waals surface area contributed by atoms with E-state index in [4.69, 9.17) is 0 Å². The van der Waals surface area contributed by atoms with Crippen LogP contribution in [0.4, 0.5) is 0 Å². The molecule has 1 aromatic carbocycles. The number of benzene rings is 1. The summed E-state index contributed by atoms with van der Waals surface area (Å²) in [7, 11) is 0. The largest absolute Gasteiger partial charge is 0.294 e. The Labute approximate surface area is 131 Å². The van der Waals surface area contributed by atoms with Gasteiger partial charge in [-0.1, -0.05) is 37.5 Å². The molecule has 0 saturated heterocycles. The van der Waals surface area contributed by atoms with Gasteiger partial charge in [-0.3, -0.25) is 9.48 Å². The van der Waals surface area contributed by atoms with Crippen molar-refractivity contribution in [2.75, 3.05) is 0 Å². The molecule has 1 aromatic heterocycles. The van der Waals surface area contributed by atoms with Crippen LogP contribution in [-0.4, -0.2) is 15.6 Å². The molecule has 0 spiro atoms. The zero-order valence-corrected chi connectivity index (χ0v) is 12.9. The SMILES string of the molecule is O=C1CCc2cc(-c3cnn(CC4CCCCC4)c3)ccc21. The Morgan fingerprint density at radius 2 is 1.95 bits per heavy atom. The molecule has 0 N–H and O–H groups in total. The lowest BCUT2D eigenvalue weighted by molar-refractivity contribution is 0.0994. The van der Waals surface area contributed by atoms with Gasteiger partial charge in [-0.05, 0) is 36.3 Å². The average molecular weight is 294 g/mol. The molecule has 0 amide bonds. The van der Waals surface area contributed by atoms with Crippen molar-refractivity contribution in [2.24, 2.45) is 5.92 Å². The van der Waals surface area contributed by atoms with Crippen LogP contribution in [0.5, 0.6) is 0 Å². The summed E-state index contributed by atoms with van der Waals surface area (Å²) in [5.74, 6) is 1.08. The fraction of sp³-hybridized carbons (Fsp3) is 0.474. The second kappa shape index (κ2) is 5.71. The van der Waals surface area contributed by atoms with E-state index in [1.807, 2.05) is 12.3 Å². The molecule has 0 unspecified atom stereocenters. The van der Waals surface area contributed by atoms with Gasteiger partial charge in [0, 0.05) is 30.3 Å². The van der Waals surface area contributed by atoms with E-state index in [-0.39, 0.29) is 5.78 Å². The predicted molar refractivity (Wildman–Crippen MR) is 86.9 cm³/mol. The van der Waals surface area contributed by atoms with Gasteiger partial charge in [0.05, 0.1) is 6.20 Å². The van der Waals surface area contributed by atoms with Crippen LogP contribution in [-0.2, 0) is 13.0 Å². The molecular formula is C19H22N2O. The van der Waals surface area contributed by atoms with Gasteiger partial charge in [-0.2, -0.15) is 5.10 Å². The van der Waals surface area contributed by atoms with Crippen LogP contribution < -0.4 is 0 Å². The quantitative estimate of drug-likeness (QED) is 0.847. The second-order valence-corrected chi connectivity index (χ2v) is 6.75. The van der Waals surface area contributed by atoms with Gasteiger partial charge >= 0.3 is 0 Å². The number of hydrogen-bond acceptors (Lipinski definition) is 2. The van der Waals surface area contributed by atoms with Gasteiger partial charge in [-0.15, -0.1) is 0 Å². The monoisotopic (exact) mass is 294 g/mol. The Balaban J connectivity index is 1.52. The van der Waals surface area contributed by atoms with Crippen LogP contribution in [0.3, 0.4) is 0 Å². The molecule has 0 atom stereocenters. The van der Waals surface area contributed by atoms with Gasteiger partial charge in [0.1, 0.15) is 0 Å². The Hall–Kier alpha value is -1.90. The van der Waals surface area contributed by atoms with E-state index in [2.05, 4.69) is 28.1 Å². The number of carbonyl (C=O) groups is 1. The van der Waals surface area contributed by atoms with E-state index in [1.165, 1.54) is 43.2 Å². The summed E-state index contributed by atoms with van der Waals surface area (Å²) in [6.45, 7) is 1.05. The van der Waals surface area contributed by atoms with Crippen molar-refractivity contribution in [1.29, 1.82) is 0 Å². The fourth-order valence-corrected chi connectivity index (χ4v) is 3.88. The molecule has 1 fully saturated rings. The number of rotatable bonds is 3. The summed E-state index contributed by atoms with van der Waals surface area (Å²) < 4.78 is 2.10. The van der Waals surface area contributed by atoms with Crippen LogP contribution in [0.15, 0.2) is 30.6 Å². The van der Waals surface area contributed by atoms with Crippen molar-refractivity contribution in [3.05, 3.63) is 41.7 Å². The zero-order chi connectivity index (χ0) is 14.9. The van der Waals surface area contributed by atoms with Gasteiger partial charge < -0.3 is 0 Å². The van der Waals surface area contributed by atoms with Crippen molar-refractivity contribution in [1.82, 2.24) is 9.78 Å². The lowest BCUT2D eigenvalue weighted by Gasteiger charge is -2.21. The highest BCUT2D eigenvalue weighted by molar-refractivity contribution is 6.00. The third-order valence-corrected chi connectivity index (χ3v) is 5.16. The second-order valence-electron chi connectivity index (χ2n) is 6.75. The first kappa shape index (κ1) is 13.7. The molecule has 3 heteroatoms. The van der Waals surface area contributed by atoms with E-state index >= 15 is 0 Å². The Bertz CT molecular complexity index is 695. The minimum absolute atomic E-state index is 0.287. The molecule has 3 nitrogen and oxygen atoms in total. The summed E-state index contributed by atoms with van der Waals surface area (Å²) >= 11 is 0. The van der Waals surface area contributed by atoms with Gasteiger partial charge in [0.25, 0.3) is 0 Å². The van der Waals surface area contributed by atoms with Crippen molar-refractivity contribution in [3.63, 3.8) is 0 Å². The molecule has 0 bridgehead atoms. The lowest BCUT2D eigenvalue weighted by Crippen LogP contribution is -2.14. The van der Waals surface area contributed by atoms with Crippen LogP contribution in [0.25, 0.3) is 11.1 Å². The molecule has 0 aliphatic heterocycles. The predicted octanol–water partition coefficient (Wildman–Crippen LogP) is 4.26. The van der Waals surface area contributed by atoms with Crippen LogP contribution in [0.1, 0.15) is 54.4 Å². The number of nitrogens with zero attached hydrogens (tertiary/aromatic N) is 2. The number of ketones is 1. The molecule has 1 heterocycles. The van der Waals surface area contributed by atoms with Crippen molar-refractivity contribution >= 4 is 5.78 Å². The van der Waals surface area contributed by atoms with Crippen molar-refractivity contribution in [2.45, 2.75) is 51.5 Å². The summed E-state index contributed by atoms with van der Waals surface area (Å²) in [5.41, 5.74) is 4.46. The third-order valence-electron chi connectivity index (χ3n) is 5.16. The van der Waals surface area contributed by atoms with Gasteiger partial charge in [0.15, 0.2) is 5.78 Å². The number of aromatic nitrogens is 2. The van der Waals surface area contributed by atoms with E-state index < -0.39 is 0 Å². The van der Waals surface area contributed by atoms with E-state index in [0.29, 0.717) is 6.42 Å².